The van der Waals surface area contributed by atoms with Crippen molar-refractivity contribution in [3.8, 4) is 0 Å². The Hall–Kier alpha value is -2.38. The van der Waals surface area contributed by atoms with Gasteiger partial charge in [0, 0.05) is 32.7 Å². The summed E-state index contributed by atoms with van der Waals surface area (Å²) in [5.74, 6) is -0.124. The van der Waals surface area contributed by atoms with Gasteiger partial charge in [-0.3, -0.25) is 14.0 Å². The van der Waals surface area contributed by atoms with E-state index in [0.29, 0.717) is 25.2 Å². The first-order valence-corrected chi connectivity index (χ1v) is 11.8. The Labute approximate surface area is 173 Å². The Bertz CT molecular complexity index is 895. The summed E-state index contributed by atoms with van der Waals surface area (Å²) in [6.45, 7) is 5.49. The maximum Gasteiger partial charge on any atom is 0.246 e. The lowest BCUT2D eigenvalue weighted by atomic mass is 10.1. The zero-order valence-corrected chi connectivity index (χ0v) is 17.9. The van der Waals surface area contributed by atoms with Crippen LogP contribution < -0.4 is 4.31 Å². The van der Waals surface area contributed by atoms with E-state index >= 15 is 0 Å². The summed E-state index contributed by atoms with van der Waals surface area (Å²) in [6.07, 6.45) is 1.58. The Balaban J connectivity index is 1.69. The maximum atomic E-state index is 13.3. The van der Waals surface area contributed by atoms with Gasteiger partial charge in [0.25, 0.3) is 0 Å². The first kappa shape index (κ1) is 21.3. The second kappa shape index (κ2) is 9.41. The molecule has 0 N–H and O–H groups in total. The summed E-state index contributed by atoms with van der Waals surface area (Å²) >= 11 is 0. The highest BCUT2D eigenvalue weighted by molar-refractivity contribution is 7.92. The van der Waals surface area contributed by atoms with E-state index in [0.717, 1.165) is 25.9 Å². The Morgan fingerprint density at radius 2 is 1.52 bits per heavy atom. The number of hydrogen-bond acceptors (Lipinski definition) is 4. The molecule has 0 unspecified atom stereocenters. The monoisotopic (exact) mass is 415 g/mol. The molecule has 0 saturated carbocycles. The van der Waals surface area contributed by atoms with Crippen LogP contribution in [0, 0.1) is 0 Å². The number of sulfonamides is 1. The molecule has 1 fully saturated rings. The third-order valence-electron chi connectivity index (χ3n) is 5.26. The maximum absolute atomic E-state index is 13.3. The van der Waals surface area contributed by atoms with Gasteiger partial charge in [-0.2, -0.15) is 0 Å². The molecule has 0 aliphatic carbocycles. The van der Waals surface area contributed by atoms with Gasteiger partial charge in [-0.1, -0.05) is 55.5 Å². The summed E-state index contributed by atoms with van der Waals surface area (Å²) < 4.78 is 26.3. The number of para-hydroxylation sites is 1. The smallest absolute Gasteiger partial charge is 0.246 e. The van der Waals surface area contributed by atoms with Gasteiger partial charge < -0.3 is 4.90 Å². The molecule has 2 aromatic carbocycles. The number of piperazine rings is 1. The Morgan fingerprint density at radius 1 is 0.966 bits per heavy atom. The van der Waals surface area contributed by atoms with Crippen LogP contribution in [0.5, 0.6) is 0 Å². The van der Waals surface area contributed by atoms with Gasteiger partial charge >= 0.3 is 0 Å². The highest BCUT2D eigenvalue weighted by Crippen LogP contribution is 2.23. The molecule has 1 heterocycles. The summed E-state index contributed by atoms with van der Waals surface area (Å²) in [5.41, 5.74) is 1.78. The number of anilines is 1. The van der Waals surface area contributed by atoms with Crippen molar-refractivity contribution in [3.05, 3.63) is 66.2 Å². The molecule has 6 nitrogen and oxygen atoms in total. The van der Waals surface area contributed by atoms with Gasteiger partial charge in [0.05, 0.1) is 11.9 Å². The summed E-state index contributed by atoms with van der Waals surface area (Å²) in [7, 11) is -3.59. The summed E-state index contributed by atoms with van der Waals surface area (Å²) in [6, 6.07) is 18.4. The van der Waals surface area contributed by atoms with Crippen LogP contribution in [-0.4, -0.2) is 62.6 Å². The largest absolute Gasteiger partial charge is 0.338 e. The quantitative estimate of drug-likeness (QED) is 0.697. The zero-order chi connectivity index (χ0) is 20.9. The molecule has 7 heteroatoms. The zero-order valence-electron chi connectivity index (χ0n) is 17.1. The second-order valence-electron chi connectivity index (χ2n) is 7.41. The highest BCUT2D eigenvalue weighted by Gasteiger charge is 2.35. The van der Waals surface area contributed by atoms with E-state index in [-0.39, 0.29) is 5.91 Å². The van der Waals surface area contributed by atoms with Crippen LogP contribution in [0.15, 0.2) is 60.7 Å². The summed E-state index contributed by atoms with van der Waals surface area (Å²) in [5, 5.41) is 0. The summed E-state index contributed by atoms with van der Waals surface area (Å²) in [4.78, 5) is 17.4. The van der Waals surface area contributed by atoms with E-state index in [2.05, 4.69) is 17.0 Å². The molecular weight excluding hydrogens is 386 g/mol. The fraction of sp³-hybridized carbons (Fsp3) is 0.409. The average molecular weight is 416 g/mol. The topological polar surface area (TPSA) is 60.9 Å². The van der Waals surface area contributed by atoms with E-state index in [1.54, 1.807) is 29.2 Å². The Morgan fingerprint density at radius 3 is 2.03 bits per heavy atom. The molecule has 1 atom stereocenters. The predicted octanol–water partition coefficient (Wildman–Crippen LogP) is 2.58. The molecular formula is C22H29N3O3S. The number of carbonyl (C=O) groups excluding carboxylic acids is 1. The first-order valence-electron chi connectivity index (χ1n) is 9.99. The van der Waals surface area contributed by atoms with Gasteiger partial charge in [0.2, 0.25) is 15.9 Å². The molecule has 2 aromatic rings. The molecule has 0 radical (unpaired) electrons. The number of benzene rings is 2. The minimum absolute atomic E-state index is 0.124. The SMILES string of the molecule is CC[C@@H](C(=O)N1CCN(Cc2ccccc2)CC1)N(c1ccccc1)S(C)(=O)=O. The van der Waals surface area contributed by atoms with E-state index in [1.165, 1.54) is 9.87 Å². The minimum Gasteiger partial charge on any atom is -0.338 e. The van der Waals surface area contributed by atoms with Crippen molar-refractivity contribution < 1.29 is 13.2 Å². The molecule has 0 aromatic heterocycles. The van der Waals surface area contributed by atoms with Crippen molar-refractivity contribution in [2.75, 3.05) is 36.7 Å². The van der Waals surface area contributed by atoms with Crippen molar-refractivity contribution in [1.82, 2.24) is 9.80 Å². The van der Waals surface area contributed by atoms with Crippen molar-refractivity contribution in [3.63, 3.8) is 0 Å². The number of nitrogens with zero attached hydrogens (tertiary/aromatic N) is 3. The molecule has 29 heavy (non-hydrogen) atoms. The fourth-order valence-corrected chi connectivity index (χ4v) is 5.00. The van der Waals surface area contributed by atoms with Crippen LogP contribution in [0.25, 0.3) is 0 Å². The van der Waals surface area contributed by atoms with Crippen molar-refractivity contribution >= 4 is 21.6 Å². The van der Waals surface area contributed by atoms with Crippen LogP contribution in [0.1, 0.15) is 18.9 Å². The molecule has 1 aliphatic rings. The van der Waals surface area contributed by atoms with Gasteiger partial charge in [-0.15, -0.1) is 0 Å². The van der Waals surface area contributed by atoms with Crippen molar-refractivity contribution in [1.29, 1.82) is 0 Å². The van der Waals surface area contributed by atoms with Gasteiger partial charge in [0.15, 0.2) is 0 Å². The third kappa shape index (κ3) is 5.36. The van der Waals surface area contributed by atoms with Crippen LogP contribution in [0.2, 0.25) is 0 Å². The third-order valence-corrected chi connectivity index (χ3v) is 6.44. The molecule has 0 spiro atoms. The second-order valence-corrected chi connectivity index (χ2v) is 9.26. The predicted molar refractivity (Wildman–Crippen MR) is 116 cm³/mol. The van der Waals surface area contributed by atoms with E-state index in [9.17, 15) is 13.2 Å². The van der Waals surface area contributed by atoms with Crippen LogP contribution in [0.4, 0.5) is 5.69 Å². The average Bonchev–Trinajstić information content (AvgIpc) is 2.72. The lowest BCUT2D eigenvalue weighted by Gasteiger charge is -2.39. The lowest BCUT2D eigenvalue weighted by Crippen LogP contribution is -2.55. The normalized spacial score (nSPS) is 16.4. The van der Waals surface area contributed by atoms with E-state index < -0.39 is 16.1 Å². The molecule has 1 saturated heterocycles. The number of amides is 1. The highest BCUT2D eigenvalue weighted by atomic mass is 32.2. The van der Waals surface area contributed by atoms with Gasteiger partial charge in [0.1, 0.15) is 6.04 Å². The number of rotatable bonds is 7. The van der Waals surface area contributed by atoms with Crippen LogP contribution >= 0.6 is 0 Å². The van der Waals surface area contributed by atoms with Gasteiger partial charge in [-0.25, -0.2) is 8.42 Å². The van der Waals surface area contributed by atoms with Crippen molar-refractivity contribution in [2.45, 2.75) is 25.9 Å². The molecule has 1 amide bonds. The Kier molecular flexibility index (Phi) is 6.92. The molecule has 0 bridgehead atoms. The standard InChI is InChI=1S/C22H29N3O3S/c1-3-21(25(29(2,27)28)20-12-8-5-9-13-20)22(26)24-16-14-23(15-17-24)18-19-10-6-4-7-11-19/h4-13,21H,3,14-18H2,1-2H3/t21-/m0/s1. The van der Waals surface area contributed by atoms with Crippen molar-refractivity contribution in [2.24, 2.45) is 0 Å². The molecule has 1 aliphatic heterocycles. The minimum atomic E-state index is -3.59. The van der Waals surface area contributed by atoms with E-state index in [1.807, 2.05) is 31.2 Å². The fourth-order valence-electron chi connectivity index (χ4n) is 3.80. The van der Waals surface area contributed by atoms with E-state index in [4.69, 9.17) is 0 Å². The number of carbonyl (C=O) groups is 1. The van der Waals surface area contributed by atoms with Crippen LogP contribution in [-0.2, 0) is 21.4 Å². The molecule has 156 valence electrons. The van der Waals surface area contributed by atoms with Gasteiger partial charge in [-0.05, 0) is 24.1 Å². The lowest BCUT2D eigenvalue weighted by molar-refractivity contribution is -0.134. The molecule has 3 rings (SSSR count). The first-order chi connectivity index (χ1) is 13.9. The van der Waals surface area contributed by atoms with Crippen LogP contribution in [0.3, 0.4) is 0 Å². The number of hydrogen-bond donors (Lipinski definition) is 0.